The molecule has 2 aromatic heterocycles. The number of aliphatic imine (C=N–C) groups is 1. The van der Waals surface area contributed by atoms with E-state index in [1.807, 2.05) is 12.1 Å². The molecule has 0 amide bonds. The summed E-state index contributed by atoms with van der Waals surface area (Å²) in [6.45, 7) is 0.690. The van der Waals surface area contributed by atoms with Crippen molar-refractivity contribution in [3.05, 3.63) is 42.4 Å². The Balaban J connectivity index is 1.62. The molecule has 1 atom stereocenters. The molecule has 0 aliphatic heterocycles. The third-order valence-corrected chi connectivity index (χ3v) is 3.57. The molecule has 1 fully saturated rings. The molecule has 0 bridgehead atoms. The number of carbonyl (C=O) groups is 1. The van der Waals surface area contributed by atoms with Crippen molar-refractivity contribution in [1.82, 2.24) is 9.97 Å². The second-order valence-corrected chi connectivity index (χ2v) is 5.11. The average molecular weight is 271 g/mol. The fourth-order valence-corrected chi connectivity index (χ4v) is 2.60. The van der Waals surface area contributed by atoms with E-state index in [0.29, 0.717) is 19.4 Å². The molecule has 2 heterocycles. The summed E-state index contributed by atoms with van der Waals surface area (Å²) >= 11 is 0. The number of furan rings is 1. The van der Waals surface area contributed by atoms with Crippen molar-refractivity contribution in [2.75, 3.05) is 6.54 Å². The van der Waals surface area contributed by atoms with Gasteiger partial charge < -0.3 is 9.40 Å². The van der Waals surface area contributed by atoms with Crippen molar-refractivity contribution in [1.29, 1.82) is 0 Å². The molecule has 5 nitrogen and oxygen atoms in total. The first-order chi connectivity index (χ1) is 9.81. The highest BCUT2D eigenvalue weighted by Crippen LogP contribution is 2.30. The number of rotatable bonds is 4. The third-order valence-electron chi connectivity index (χ3n) is 3.57. The topological polar surface area (TPSA) is 71.2 Å². The van der Waals surface area contributed by atoms with Crippen LogP contribution in [-0.2, 0) is 11.2 Å². The summed E-state index contributed by atoms with van der Waals surface area (Å²) in [6, 6.07) is 3.80. The highest BCUT2D eigenvalue weighted by atomic mass is 16.3. The first-order valence-corrected chi connectivity index (χ1v) is 6.86. The van der Waals surface area contributed by atoms with E-state index in [1.54, 1.807) is 18.8 Å². The van der Waals surface area contributed by atoms with Gasteiger partial charge in [-0.3, -0.25) is 9.79 Å². The molecule has 0 spiro atoms. The van der Waals surface area contributed by atoms with Crippen LogP contribution >= 0.6 is 0 Å². The van der Waals surface area contributed by atoms with Crippen molar-refractivity contribution >= 4 is 11.5 Å². The maximum absolute atomic E-state index is 11.8. The molecule has 1 N–H and O–H groups in total. The molecule has 2 aromatic rings. The van der Waals surface area contributed by atoms with Crippen molar-refractivity contribution in [3.8, 4) is 0 Å². The lowest BCUT2D eigenvalue weighted by Crippen LogP contribution is -2.21. The van der Waals surface area contributed by atoms with Crippen LogP contribution in [0.15, 0.2) is 40.3 Å². The predicted octanol–water partition coefficient (Wildman–Crippen LogP) is 2.52. The zero-order valence-corrected chi connectivity index (χ0v) is 11.2. The molecule has 1 aliphatic rings. The fraction of sp³-hybridized carbons (Fsp3) is 0.400. The molecule has 0 saturated heterocycles. The maximum atomic E-state index is 11.8. The van der Waals surface area contributed by atoms with Crippen LogP contribution in [0.3, 0.4) is 0 Å². The largest absolute Gasteiger partial charge is 0.469 e. The smallest absolute Gasteiger partial charge is 0.139 e. The minimum absolute atomic E-state index is 0.150. The third kappa shape index (κ3) is 3.04. The first-order valence-electron chi connectivity index (χ1n) is 6.86. The van der Waals surface area contributed by atoms with E-state index in [0.717, 1.165) is 30.0 Å². The van der Waals surface area contributed by atoms with Crippen LogP contribution in [0.4, 0.5) is 0 Å². The first kappa shape index (κ1) is 12.8. The fourth-order valence-electron chi connectivity index (χ4n) is 2.60. The number of nitrogens with zero attached hydrogens (tertiary/aromatic N) is 2. The summed E-state index contributed by atoms with van der Waals surface area (Å²) < 4.78 is 5.41. The molecular formula is C15H17N3O2. The predicted molar refractivity (Wildman–Crippen MR) is 74.9 cm³/mol. The number of hydrogen-bond acceptors (Lipinski definition) is 4. The van der Waals surface area contributed by atoms with Crippen LogP contribution in [0.5, 0.6) is 0 Å². The molecule has 104 valence electrons. The lowest BCUT2D eigenvalue weighted by molar-refractivity contribution is -0.118. The Morgan fingerprint density at radius 1 is 1.45 bits per heavy atom. The highest BCUT2D eigenvalue weighted by Gasteiger charge is 2.26. The Morgan fingerprint density at radius 3 is 3.15 bits per heavy atom. The number of H-pyrrole nitrogens is 1. The van der Waals surface area contributed by atoms with Crippen LogP contribution in [0, 0.1) is 0 Å². The van der Waals surface area contributed by atoms with Gasteiger partial charge in [0.15, 0.2) is 0 Å². The lowest BCUT2D eigenvalue weighted by atomic mass is 9.85. The maximum Gasteiger partial charge on any atom is 0.139 e. The Morgan fingerprint density at radius 2 is 2.40 bits per heavy atom. The minimum Gasteiger partial charge on any atom is -0.469 e. The van der Waals surface area contributed by atoms with Gasteiger partial charge in [0.05, 0.1) is 12.6 Å². The van der Waals surface area contributed by atoms with E-state index in [9.17, 15) is 4.79 Å². The van der Waals surface area contributed by atoms with Gasteiger partial charge >= 0.3 is 0 Å². The zero-order chi connectivity index (χ0) is 13.8. The van der Waals surface area contributed by atoms with Gasteiger partial charge in [0.2, 0.25) is 0 Å². The van der Waals surface area contributed by atoms with Crippen molar-refractivity contribution in [2.24, 2.45) is 4.99 Å². The summed E-state index contributed by atoms with van der Waals surface area (Å²) in [5, 5.41) is 0. The van der Waals surface area contributed by atoms with Crippen LogP contribution in [-0.4, -0.2) is 28.0 Å². The van der Waals surface area contributed by atoms with E-state index in [-0.39, 0.29) is 11.7 Å². The van der Waals surface area contributed by atoms with E-state index < -0.39 is 0 Å². The standard InChI is InChI=1S/C15H17N3O2/c19-14-7-11(15-2-1-5-20-15)6-13(8-14)17-4-3-12-9-16-10-18-12/h1-2,5,9-11H,3-4,6-8H2,(H,16,18)/t11-/m0/s1. The highest BCUT2D eigenvalue weighted by molar-refractivity contribution is 6.04. The Bertz CT molecular complexity index is 585. The van der Waals surface area contributed by atoms with Crippen molar-refractivity contribution in [2.45, 2.75) is 31.6 Å². The van der Waals surface area contributed by atoms with Gasteiger partial charge in [-0.25, -0.2) is 4.98 Å². The zero-order valence-electron chi connectivity index (χ0n) is 11.2. The SMILES string of the molecule is O=C1CC(=NCCc2cnc[nH]2)C[C@H](c2ccco2)C1. The van der Waals surface area contributed by atoms with Gasteiger partial charge in [-0.1, -0.05) is 0 Å². The van der Waals surface area contributed by atoms with E-state index >= 15 is 0 Å². The number of imidazole rings is 1. The van der Waals surface area contributed by atoms with Crippen LogP contribution in [0.25, 0.3) is 0 Å². The van der Waals surface area contributed by atoms with Crippen LogP contribution in [0.1, 0.15) is 36.6 Å². The van der Waals surface area contributed by atoms with Crippen molar-refractivity contribution in [3.63, 3.8) is 0 Å². The lowest BCUT2D eigenvalue weighted by Gasteiger charge is -2.20. The summed E-state index contributed by atoms with van der Waals surface area (Å²) in [6.07, 6.45) is 7.82. The molecule has 3 rings (SSSR count). The molecule has 20 heavy (non-hydrogen) atoms. The summed E-state index contributed by atoms with van der Waals surface area (Å²) in [7, 11) is 0. The second kappa shape index (κ2) is 5.86. The van der Waals surface area contributed by atoms with Crippen LogP contribution in [0.2, 0.25) is 0 Å². The van der Waals surface area contributed by atoms with Crippen molar-refractivity contribution < 1.29 is 9.21 Å². The Labute approximate surface area is 117 Å². The second-order valence-electron chi connectivity index (χ2n) is 5.11. The Hall–Kier alpha value is -2.17. The number of hydrogen-bond donors (Lipinski definition) is 1. The molecule has 0 unspecified atom stereocenters. The summed E-state index contributed by atoms with van der Waals surface area (Å²) in [5.74, 6) is 1.29. The van der Waals surface area contributed by atoms with Gasteiger partial charge in [0.1, 0.15) is 11.5 Å². The van der Waals surface area contributed by atoms with Gasteiger partial charge in [-0.15, -0.1) is 0 Å². The number of carbonyl (C=O) groups excluding carboxylic acids is 1. The molecule has 1 saturated carbocycles. The number of Topliss-reactive ketones (excluding diaryl/α,β-unsaturated/α-hetero) is 1. The van der Waals surface area contributed by atoms with Crippen LogP contribution < -0.4 is 0 Å². The van der Waals surface area contributed by atoms with E-state index in [4.69, 9.17) is 4.42 Å². The van der Waals surface area contributed by atoms with Gasteiger partial charge in [-0.2, -0.15) is 0 Å². The summed E-state index contributed by atoms with van der Waals surface area (Å²) in [4.78, 5) is 23.4. The molecule has 1 aliphatic carbocycles. The Kier molecular flexibility index (Phi) is 3.76. The number of nitrogens with one attached hydrogen (secondary N) is 1. The van der Waals surface area contributed by atoms with Gasteiger partial charge in [-0.05, 0) is 18.6 Å². The quantitative estimate of drug-likeness (QED) is 0.928. The molecule has 0 radical (unpaired) electrons. The number of ketones is 1. The van der Waals surface area contributed by atoms with E-state index in [2.05, 4.69) is 15.0 Å². The van der Waals surface area contributed by atoms with Gasteiger partial charge in [0.25, 0.3) is 0 Å². The average Bonchev–Trinajstić information content (AvgIpc) is 3.11. The van der Waals surface area contributed by atoms with Gasteiger partial charge in [0, 0.05) is 49.3 Å². The van der Waals surface area contributed by atoms with E-state index in [1.165, 1.54) is 0 Å². The monoisotopic (exact) mass is 271 g/mol. The minimum atomic E-state index is 0.150. The molecule has 5 heteroatoms. The normalized spacial score (nSPS) is 21.5. The molecular weight excluding hydrogens is 254 g/mol. The molecule has 0 aromatic carbocycles. The number of aromatic nitrogens is 2. The summed E-state index contributed by atoms with van der Waals surface area (Å²) in [5.41, 5.74) is 2.06. The number of aromatic amines is 1.